The van der Waals surface area contributed by atoms with Gasteiger partial charge >= 0.3 is 0 Å². The third kappa shape index (κ3) is 4.23. The number of nitrogens with zero attached hydrogens (tertiary/aromatic N) is 1. The summed E-state index contributed by atoms with van der Waals surface area (Å²) in [6.45, 7) is 9.52. The standard InChI is InChI=1S/C13H25NO/c1-11(15)14-10-6-8-12(14)7-5-9-13(2,3)4/h12H,5-10H2,1-4H3/t12-/m0/s1. The first-order valence-corrected chi connectivity index (χ1v) is 6.17. The zero-order valence-electron chi connectivity index (χ0n) is 10.7. The number of likely N-dealkylation sites (tertiary alicyclic amines) is 1. The van der Waals surface area contributed by atoms with Crippen LogP contribution in [0.25, 0.3) is 0 Å². The van der Waals surface area contributed by atoms with E-state index in [0.29, 0.717) is 11.5 Å². The van der Waals surface area contributed by atoms with Crippen LogP contribution in [0.1, 0.15) is 59.8 Å². The monoisotopic (exact) mass is 211 g/mol. The number of amides is 1. The first kappa shape index (κ1) is 12.5. The molecule has 0 N–H and O–H groups in total. The molecule has 0 aromatic carbocycles. The summed E-state index contributed by atoms with van der Waals surface area (Å²) in [7, 11) is 0. The van der Waals surface area contributed by atoms with E-state index in [1.165, 1.54) is 32.1 Å². The normalized spacial score (nSPS) is 22.1. The van der Waals surface area contributed by atoms with E-state index in [1.807, 2.05) is 0 Å². The van der Waals surface area contributed by atoms with Crippen molar-refractivity contribution in [1.82, 2.24) is 4.90 Å². The number of hydrogen-bond acceptors (Lipinski definition) is 1. The maximum absolute atomic E-state index is 11.3. The van der Waals surface area contributed by atoms with Crippen molar-refractivity contribution in [2.75, 3.05) is 6.54 Å². The Morgan fingerprint density at radius 3 is 2.60 bits per heavy atom. The molecule has 2 nitrogen and oxygen atoms in total. The molecule has 15 heavy (non-hydrogen) atoms. The fourth-order valence-electron chi connectivity index (χ4n) is 2.42. The van der Waals surface area contributed by atoms with Crippen molar-refractivity contribution in [3.05, 3.63) is 0 Å². The molecule has 1 amide bonds. The Balaban J connectivity index is 2.29. The van der Waals surface area contributed by atoms with Crippen LogP contribution in [0.4, 0.5) is 0 Å². The zero-order valence-corrected chi connectivity index (χ0v) is 10.7. The highest BCUT2D eigenvalue weighted by Crippen LogP contribution is 2.26. The van der Waals surface area contributed by atoms with Crippen molar-refractivity contribution >= 4 is 5.91 Å². The fourth-order valence-corrected chi connectivity index (χ4v) is 2.42. The van der Waals surface area contributed by atoms with Gasteiger partial charge in [0.25, 0.3) is 0 Å². The van der Waals surface area contributed by atoms with Gasteiger partial charge < -0.3 is 4.90 Å². The average Bonchev–Trinajstić information content (AvgIpc) is 2.49. The Morgan fingerprint density at radius 2 is 2.07 bits per heavy atom. The molecule has 0 spiro atoms. The van der Waals surface area contributed by atoms with Crippen LogP contribution in [0.3, 0.4) is 0 Å². The Morgan fingerprint density at radius 1 is 1.40 bits per heavy atom. The number of carbonyl (C=O) groups excluding carboxylic acids is 1. The van der Waals surface area contributed by atoms with Crippen molar-refractivity contribution < 1.29 is 4.79 Å². The van der Waals surface area contributed by atoms with Gasteiger partial charge in [0.2, 0.25) is 5.91 Å². The van der Waals surface area contributed by atoms with E-state index in [1.54, 1.807) is 6.92 Å². The molecular weight excluding hydrogens is 186 g/mol. The average molecular weight is 211 g/mol. The number of hydrogen-bond donors (Lipinski definition) is 0. The van der Waals surface area contributed by atoms with E-state index >= 15 is 0 Å². The lowest BCUT2D eigenvalue weighted by atomic mass is 9.89. The first-order chi connectivity index (χ1) is 6.90. The minimum atomic E-state index is 0.258. The first-order valence-electron chi connectivity index (χ1n) is 6.17. The van der Waals surface area contributed by atoms with Crippen LogP contribution in [-0.4, -0.2) is 23.4 Å². The summed E-state index contributed by atoms with van der Waals surface area (Å²) in [5.74, 6) is 0.258. The van der Waals surface area contributed by atoms with Gasteiger partial charge in [-0.25, -0.2) is 0 Å². The topological polar surface area (TPSA) is 20.3 Å². The highest BCUT2D eigenvalue weighted by Gasteiger charge is 2.26. The summed E-state index contributed by atoms with van der Waals surface area (Å²) in [5.41, 5.74) is 0.430. The molecule has 1 rings (SSSR count). The molecule has 0 aliphatic carbocycles. The third-order valence-electron chi connectivity index (χ3n) is 3.25. The van der Waals surface area contributed by atoms with E-state index in [9.17, 15) is 4.79 Å². The molecule has 0 radical (unpaired) electrons. The lowest BCUT2D eigenvalue weighted by Gasteiger charge is -2.25. The second kappa shape index (κ2) is 5.00. The van der Waals surface area contributed by atoms with E-state index in [4.69, 9.17) is 0 Å². The maximum Gasteiger partial charge on any atom is 0.219 e. The molecule has 0 saturated carbocycles. The molecule has 0 aromatic heterocycles. The fraction of sp³-hybridized carbons (Fsp3) is 0.923. The quantitative estimate of drug-likeness (QED) is 0.702. The second-order valence-corrected chi connectivity index (χ2v) is 5.96. The van der Waals surface area contributed by atoms with Crippen molar-refractivity contribution in [3.63, 3.8) is 0 Å². The molecular formula is C13H25NO. The van der Waals surface area contributed by atoms with Crippen LogP contribution in [0.5, 0.6) is 0 Å². The molecule has 0 aromatic rings. The summed E-state index contributed by atoms with van der Waals surface area (Å²) in [6.07, 6.45) is 6.10. The summed E-state index contributed by atoms with van der Waals surface area (Å²) in [4.78, 5) is 13.4. The van der Waals surface area contributed by atoms with Crippen molar-refractivity contribution in [2.45, 2.75) is 65.8 Å². The van der Waals surface area contributed by atoms with Gasteiger partial charge in [-0.1, -0.05) is 27.2 Å². The molecule has 1 heterocycles. The van der Waals surface area contributed by atoms with Crippen LogP contribution in [0.2, 0.25) is 0 Å². The Hall–Kier alpha value is -0.530. The number of carbonyl (C=O) groups is 1. The highest BCUT2D eigenvalue weighted by molar-refractivity contribution is 5.73. The second-order valence-electron chi connectivity index (χ2n) is 5.96. The zero-order chi connectivity index (χ0) is 11.5. The Labute approximate surface area is 94.0 Å². The molecule has 1 atom stereocenters. The van der Waals surface area contributed by atoms with Gasteiger partial charge in [0.05, 0.1) is 0 Å². The molecule has 1 aliphatic heterocycles. The maximum atomic E-state index is 11.3. The van der Waals surface area contributed by atoms with Gasteiger partial charge in [0, 0.05) is 19.5 Å². The van der Waals surface area contributed by atoms with E-state index in [0.717, 1.165) is 6.54 Å². The van der Waals surface area contributed by atoms with Crippen molar-refractivity contribution in [1.29, 1.82) is 0 Å². The van der Waals surface area contributed by atoms with Crippen LogP contribution < -0.4 is 0 Å². The Kier molecular flexibility index (Phi) is 4.18. The van der Waals surface area contributed by atoms with Gasteiger partial charge in [-0.3, -0.25) is 4.79 Å². The van der Waals surface area contributed by atoms with Gasteiger partial charge in [0.1, 0.15) is 0 Å². The molecule has 2 heteroatoms. The van der Waals surface area contributed by atoms with Crippen LogP contribution in [0, 0.1) is 5.41 Å². The van der Waals surface area contributed by atoms with E-state index < -0.39 is 0 Å². The smallest absolute Gasteiger partial charge is 0.219 e. The molecule has 88 valence electrons. The largest absolute Gasteiger partial charge is 0.340 e. The minimum absolute atomic E-state index is 0.258. The van der Waals surface area contributed by atoms with Gasteiger partial charge in [-0.05, 0) is 31.1 Å². The van der Waals surface area contributed by atoms with Crippen molar-refractivity contribution in [2.24, 2.45) is 5.41 Å². The van der Waals surface area contributed by atoms with Crippen LogP contribution >= 0.6 is 0 Å². The Bertz CT molecular complexity index is 217. The van der Waals surface area contributed by atoms with Gasteiger partial charge in [0.15, 0.2) is 0 Å². The predicted molar refractivity (Wildman–Crippen MR) is 63.7 cm³/mol. The van der Waals surface area contributed by atoms with Crippen LogP contribution in [0.15, 0.2) is 0 Å². The summed E-state index contributed by atoms with van der Waals surface area (Å²) < 4.78 is 0. The lowest BCUT2D eigenvalue weighted by Crippen LogP contribution is -2.33. The van der Waals surface area contributed by atoms with Gasteiger partial charge in [-0.2, -0.15) is 0 Å². The molecule has 1 aliphatic rings. The lowest BCUT2D eigenvalue weighted by molar-refractivity contribution is -0.129. The van der Waals surface area contributed by atoms with Crippen molar-refractivity contribution in [3.8, 4) is 0 Å². The molecule has 1 fully saturated rings. The summed E-state index contributed by atoms with van der Waals surface area (Å²) >= 11 is 0. The molecule has 1 saturated heterocycles. The minimum Gasteiger partial charge on any atom is -0.340 e. The van der Waals surface area contributed by atoms with Gasteiger partial charge in [-0.15, -0.1) is 0 Å². The number of rotatable bonds is 3. The summed E-state index contributed by atoms with van der Waals surface area (Å²) in [5, 5.41) is 0. The van der Waals surface area contributed by atoms with E-state index in [2.05, 4.69) is 25.7 Å². The van der Waals surface area contributed by atoms with E-state index in [-0.39, 0.29) is 5.91 Å². The molecule has 0 unspecified atom stereocenters. The SMILES string of the molecule is CC(=O)N1CCC[C@@H]1CCCC(C)(C)C. The molecule has 0 bridgehead atoms. The van der Waals surface area contributed by atoms with Crippen LogP contribution in [-0.2, 0) is 4.79 Å². The predicted octanol–water partition coefficient (Wildman–Crippen LogP) is 3.21. The third-order valence-corrected chi connectivity index (χ3v) is 3.25. The highest BCUT2D eigenvalue weighted by atomic mass is 16.2. The summed E-state index contributed by atoms with van der Waals surface area (Å²) in [6, 6.07) is 0.532.